The van der Waals surface area contributed by atoms with Gasteiger partial charge in [-0.25, -0.2) is 9.67 Å². The molecule has 0 unspecified atom stereocenters. The van der Waals surface area contributed by atoms with Gasteiger partial charge in [-0.05, 0) is 18.2 Å². The van der Waals surface area contributed by atoms with Gasteiger partial charge in [0.2, 0.25) is 0 Å². The van der Waals surface area contributed by atoms with Gasteiger partial charge in [-0.2, -0.15) is 0 Å². The van der Waals surface area contributed by atoms with Crippen molar-refractivity contribution in [2.75, 3.05) is 7.11 Å². The summed E-state index contributed by atoms with van der Waals surface area (Å²) in [6.45, 7) is 0.301. The van der Waals surface area contributed by atoms with E-state index in [1.165, 1.54) is 0 Å². The molecule has 0 saturated carbocycles. The first-order valence-electron chi connectivity index (χ1n) is 4.69. The fraction of sp³-hybridized carbons (Fsp3) is 0.200. The Labute approximate surface area is 97.8 Å². The van der Waals surface area contributed by atoms with Gasteiger partial charge in [-0.15, -0.1) is 5.10 Å². The molecule has 16 heavy (non-hydrogen) atoms. The first-order valence-corrected chi connectivity index (χ1v) is 5.07. The van der Waals surface area contributed by atoms with E-state index in [1.807, 2.05) is 0 Å². The third kappa shape index (κ3) is 2.00. The monoisotopic (exact) mass is 238 g/mol. The van der Waals surface area contributed by atoms with Gasteiger partial charge in [-0.3, -0.25) is 0 Å². The van der Waals surface area contributed by atoms with Gasteiger partial charge in [-0.1, -0.05) is 11.6 Å². The number of nitrogens with zero attached hydrogens (tertiary/aromatic N) is 3. The molecule has 0 aliphatic carbocycles. The van der Waals surface area contributed by atoms with Crippen LogP contribution in [0.1, 0.15) is 5.82 Å². The molecule has 0 bridgehead atoms. The molecule has 2 N–H and O–H groups in total. The van der Waals surface area contributed by atoms with Crippen molar-refractivity contribution in [2.45, 2.75) is 6.54 Å². The van der Waals surface area contributed by atoms with Gasteiger partial charge in [0.15, 0.2) is 5.82 Å². The first-order chi connectivity index (χ1) is 7.74. The zero-order valence-electron chi connectivity index (χ0n) is 8.72. The van der Waals surface area contributed by atoms with Crippen LogP contribution in [0.5, 0.6) is 5.75 Å². The molecule has 0 radical (unpaired) electrons. The molecule has 0 atom stereocenters. The van der Waals surface area contributed by atoms with Crippen LogP contribution in [0.25, 0.3) is 5.69 Å². The minimum Gasteiger partial charge on any atom is -0.494 e. The van der Waals surface area contributed by atoms with E-state index in [0.717, 1.165) is 5.69 Å². The number of aromatic nitrogens is 3. The van der Waals surface area contributed by atoms with Crippen LogP contribution >= 0.6 is 11.6 Å². The lowest BCUT2D eigenvalue weighted by Crippen LogP contribution is -2.02. The van der Waals surface area contributed by atoms with Crippen molar-refractivity contribution < 1.29 is 4.74 Å². The lowest BCUT2D eigenvalue weighted by atomic mass is 10.3. The van der Waals surface area contributed by atoms with E-state index in [1.54, 1.807) is 36.3 Å². The van der Waals surface area contributed by atoms with Gasteiger partial charge in [0.25, 0.3) is 0 Å². The molecular formula is C10H11ClN4O. The second kappa shape index (κ2) is 4.51. The Bertz CT molecular complexity index is 497. The third-order valence-electron chi connectivity index (χ3n) is 2.11. The molecular weight excluding hydrogens is 228 g/mol. The summed E-state index contributed by atoms with van der Waals surface area (Å²) in [4.78, 5) is 4.04. The second-order valence-corrected chi connectivity index (χ2v) is 3.56. The van der Waals surface area contributed by atoms with Crippen LogP contribution in [0.2, 0.25) is 5.02 Å². The van der Waals surface area contributed by atoms with Crippen LogP contribution in [-0.2, 0) is 6.54 Å². The number of hydrogen-bond acceptors (Lipinski definition) is 4. The highest BCUT2D eigenvalue weighted by molar-refractivity contribution is 6.30. The molecule has 0 aliphatic heterocycles. The normalized spacial score (nSPS) is 10.4. The number of methoxy groups -OCH3 is 1. The summed E-state index contributed by atoms with van der Waals surface area (Å²) in [6, 6.07) is 5.29. The molecule has 84 valence electrons. The predicted molar refractivity (Wildman–Crippen MR) is 60.8 cm³/mol. The summed E-state index contributed by atoms with van der Waals surface area (Å²) in [6.07, 6.45) is 1.58. The van der Waals surface area contributed by atoms with Crippen molar-refractivity contribution in [3.63, 3.8) is 0 Å². The van der Waals surface area contributed by atoms with Crippen LogP contribution in [0.15, 0.2) is 24.5 Å². The summed E-state index contributed by atoms with van der Waals surface area (Å²) >= 11 is 5.92. The topological polar surface area (TPSA) is 66.0 Å². The fourth-order valence-corrected chi connectivity index (χ4v) is 1.52. The lowest BCUT2D eigenvalue weighted by molar-refractivity contribution is 0.411. The van der Waals surface area contributed by atoms with Crippen molar-refractivity contribution >= 4 is 11.6 Å². The van der Waals surface area contributed by atoms with Crippen molar-refractivity contribution in [1.82, 2.24) is 14.8 Å². The molecule has 1 heterocycles. The Morgan fingerprint density at radius 2 is 2.31 bits per heavy atom. The Hall–Kier alpha value is -1.59. The van der Waals surface area contributed by atoms with Crippen LogP contribution in [0.3, 0.4) is 0 Å². The van der Waals surface area contributed by atoms with Crippen LogP contribution < -0.4 is 10.5 Å². The lowest BCUT2D eigenvalue weighted by Gasteiger charge is -2.07. The van der Waals surface area contributed by atoms with Crippen molar-refractivity contribution in [3.05, 3.63) is 35.4 Å². The smallest absolute Gasteiger partial charge is 0.164 e. The number of rotatable bonds is 3. The summed E-state index contributed by atoms with van der Waals surface area (Å²) in [5.74, 6) is 1.25. The van der Waals surface area contributed by atoms with Crippen LogP contribution in [0.4, 0.5) is 0 Å². The molecule has 2 aromatic rings. The molecule has 0 fully saturated rings. The van der Waals surface area contributed by atoms with E-state index >= 15 is 0 Å². The molecule has 0 amide bonds. The standard InChI is InChI=1S/C10H11ClN4O/c1-16-9-3-2-7(11)4-8(9)15-6-13-10(5-12)14-15/h2-4,6H,5,12H2,1H3. The van der Waals surface area contributed by atoms with E-state index in [-0.39, 0.29) is 0 Å². The predicted octanol–water partition coefficient (Wildman–Crippen LogP) is 1.39. The molecule has 2 rings (SSSR count). The molecule has 0 spiro atoms. The summed E-state index contributed by atoms with van der Waals surface area (Å²) in [5.41, 5.74) is 6.18. The highest BCUT2D eigenvalue weighted by Gasteiger charge is 2.08. The Balaban J connectivity index is 2.49. The first kappa shape index (κ1) is 10.9. The quantitative estimate of drug-likeness (QED) is 0.878. The maximum atomic E-state index is 5.92. The van der Waals surface area contributed by atoms with Crippen molar-refractivity contribution in [2.24, 2.45) is 5.73 Å². The average molecular weight is 239 g/mol. The van der Waals surface area contributed by atoms with Gasteiger partial charge in [0.1, 0.15) is 17.8 Å². The maximum absolute atomic E-state index is 5.92. The van der Waals surface area contributed by atoms with Gasteiger partial charge < -0.3 is 10.5 Å². The summed E-state index contributed by atoms with van der Waals surface area (Å²) < 4.78 is 6.81. The molecule has 0 saturated heterocycles. The summed E-state index contributed by atoms with van der Waals surface area (Å²) in [5, 5.41) is 4.80. The fourth-order valence-electron chi connectivity index (χ4n) is 1.35. The second-order valence-electron chi connectivity index (χ2n) is 3.13. The molecule has 5 nitrogen and oxygen atoms in total. The van der Waals surface area contributed by atoms with E-state index in [0.29, 0.717) is 23.1 Å². The Morgan fingerprint density at radius 3 is 2.94 bits per heavy atom. The SMILES string of the molecule is COc1ccc(Cl)cc1-n1cnc(CN)n1. The van der Waals surface area contributed by atoms with Gasteiger partial charge in [0, 0.05) is 5.02 Å². The van der Waals surface area contributed by atoms with Gasteiger partial charge in [0.05, 0.1) is 13.7 Å². The Morgan fingerprint density at radius 1 is 1.50 bits per heavy atom. The number of ether oxygens (including phenoxy) is 1. The van der Waals surface area contributed by atoms with Gasteiger partial charge >= 0.3 is 0 Å². The van der Waals surface area contributed by atoms with E-state index < -0.39 is 0 Å². The van der Waals surface area contributed by atoms with Crippen LogP contribution in [-0.4, -0.2) is 21.9 Å². The highest BCUT2D eigenvalue weighted by Crippen LogP contribution is 2.25. The van der Waals surface area contributed by atoms with Crippen LogP contribution in [0, 0.1) is 0 Å². The van der Waals surface area contributed by atoms with E-state index in [4.69, 9.17) is 22.1 Å². The average Bonchev–Trinajstić information content (AvgIpc) is 2.77. The molecule has 1 aromatic carbocycles. The molecule has 1 aromatic heterocycles. The van der Waals surface area contributed by atoms with E-state index in [2.05, 4.69) is 10.1 Å². The molecule has 6 heteroatoms. The number of hydrogen-bond donors (Lipinski definition) is 1. The molecule has 0 aliphatic rings. The third-order valence-corrected chi connectivity index (χ3v) is 2.34. The minimum atomic E-state index is 0.301. The zero-order valence-corrected chi connectivity index (χ0v) is 9.48. The number of halogens is 1. The highest BCUT2D eigenvalue weighted by atomic mass is 35.5. The zero-order chi connectivity index (χ0) is 11.5. The minimum absolute atomic E-state index is 0.301. The largest absolute Gasteiger partial charge is 0.494 e. The number of nitrogens with two attached hydrogens (primary N) is 1. The van der Waals surface area contributed by atoms with Crippen molar-refractivity contribution in [1.29, 1.82) is 0 Å². The maximum Gasteiger partial charge on any atom is 0.164 e. The van der Waals surface area contributed by atoms with E-state index in [9.17, 15) is 0 Å². The summed E-state index contributed by atoms with van der Waals surface area (Å²) in [7, 11) is 1.59. The van der Waals surface area contributed by atoms with Crippen molar-refractivity contribution in [3.8, 4) is 11.4 Å². The Kier molecular flexibility index (Phi) is 3.07. The number of benzene rings is 1.